The first kappa shape index (κ1) is 48.6. The van der Waals surface area contributed by atoms with Crippen molar-refractivity contribution in [2.24, 2.45) is 0 Å². The number of rotatable bonds is 36. The number of allylic oxidation sites excluding steroid dienone is 10. The molecule has 0 saturated carbocycles. The summed E-state index contributed by atoms with van der Waals surface area (Å²) in [6.45, 7) is 6.22. The van der Waals surface area contributed by atoms with Gasteiger partial charge in [-0.05, 0) is 64.2 Å². The molecule has 0 heterocycles. The lowest BCUT2D eigenvalue weighted by Crippen LogP contribution is -2.46. The summed E-state index contributed by atoms with van der Waals surface area (Å²) in [6, 6.07) is -0.714. The quantitative estimate of drug-likeness (QED) is 0.0260. The third-order valence-electron chi connectivity index (χ3n) is 9.16. The van der Waals surface area contributed by atoms with E-state index in [1.54, 1.807) is 0 Å². The van der Waals surface area contributed by atoms with Crippen LogP contribution in [-0.2, 0) is 14.3 Å². The molecule has 0 rings (SSSR count). The molecule has 3 atom stereocenters. The zero-order valence-electron chi connectivity index (χ0n) is 33.2. The zero-order valence-corrected chi connectivity index (χ0v) is 33.2. The van der Waals surface area contributed by atoms with Gasteiger partial charge in [0.25, 0.3) is 0 Å². The summed E-state index contributed by atoms with van der Waals surface area (Å²) in [5.41, 5.74) is 0. The van der Waals surface area contributed by atoms with Crippen LogP contribution >= 0.6 is 0 Å². The predicted octanol–water partition coefficient (Wildman–Crippen LogP) is 11.7. The van der Waals surface area contributed by atoms with E-state index in [2.05, 4.69) is 56.5 Å². The van der Waals surface area contributed by atoms with Crippen LogP contribution in [0.25, 0.3) is 0 Å². The summed E-state index contributed by atoms with van der Waals surface area (Å²) >= 11 is 0. The third-order valence-corrected chi connectivity index (χ3v) is 9.16. The van der Waals surface area contributed by atoms with E-state index in [1.165, 1.54) is 57.8 Å². The van der Waals surface area contributed by atoms with Crippen LogP contribution in [0.5, 0.6) is 0 Å². The molecule has 1 amide bonds. The molecule has 3 unspecified atom stereocenters. The number of aliphatic hydroxyl groups is 2. The number of unbranched alkanes of at least 4 members (excludes halogenated alkanes) is 17. The molecular weight excluding hydrogens is 634 g/mol. The summed E-state index contributed by atoms with van der Waals surface area (Å²) < 4.78 is 5.85. The van der Waals surface area contributed by atoms with Crippen LogP contribution in [0.15, 0.2) is 60.8 Å². The van der Waals surface area contributed by atoms with Crippen molar-refractivity contribution in [1.82, 2.24) is 5.32 Å². The Labute approximate surface area is 314 Å². The van der Waals surface area contributed by atoms with Crippen molar-refractivity contribution in [2.45, 2.75) is 206 Å². The van der Waals surface area contributed by atoms with E-state index in [1.807, 2.05) is 30.4 Å². The highest BCUT2D eigenvalue weighted by molar-refractivity contribution is 5.77. The van der Waals surface area contributed by atoms with Crippen molar-refractivity contribution < 1.29 is 24.5 Å². The molecular formula is C45H79NO5. The molecule has 0 aromatic rings. The van der Waals surface area contributed by atoms with Crippen LogP contribution < -0.4 is 5.32 Å². The van der Waals surface area contributed by atoms with Gasteiger partial charge in [-0.25, -0.2) is 0 Å². The fraction of sp³-hybridized carbons (Fsp3) is 0.733. The molecule has 6 nitrogen and oxygen atoms in total. The number of ether oxygens (including phenoxy) is 1. The number of hydrogen-bond donors (Lipinski definition) is 3. The molecule has 0 aliphatic heterocycles. The van der Waals surface area contributed by atoms with Gasteiger partial charge in [0.2, 0.25) is 5.91 Å². The van der Waals surface area contributed by atoms with E-state index in [0.29, 0.717) is 19.3 Å². The fourth-order valence-corrected chi connectivity index (χ4v) is 5.97. The second-order valence-corrected chi connectivity index (χ2v) is 14.1. The van der Waals surface area contributed by atoms with Crippen LogP contribution in [-0.4, -0.2) is 46.9 Å². The van der Waals surface area contributed by atoms with Gasteiger partial charge in [0.1, 0.15) is 6.10 Å². The smallest absolute Gasteiger partial charge is 0.306 e. The molecule has 3 N–H and O–H groups in total. The Hall–Kier alpha value is -2.44. The molecule has 0 aliphatic rings. The first-order valence-electron chi connectivity index (χ1n) is 21.1. The average Bonchev–Trinajstić information content (AvgIpc) is 3.12. The summed E-state index contributed by atoms with van der Waals surface area (Å²) in [6.07, 6.45) is 45.7. The van der Waals surface area contributed by atoms with Gasteiger partial charge in [0.15, 0.2) is 0 Å². The number of carbonyl (C=O) groups is 2. The van der Waals surface area contributed by atoms with Crippen LogP contribution in [0, 0.1) is 0 Å². The lowest BCUT2D eigenvalue weighted by molar-refractivity contribution is -0.151. The number of aliphatic hydroxyl groups excluding tert-OH is 2. The van der Waals surface area contributed by atoms with Crippen molar-refractivity contribution in [3.05, 3.63) is 60.8 Å². The molecule has 0 saturated heterocycles. The topological polar surface area (TPSA) is 95.9 Å². The highest BCUT2D eigenvalue weighted by atomic mass is 16.5. The van der Waals surface area contributed by atoms with Crippen molar-refractivity contribution in [3.8, 4) is 0 Å². The van der Waals surface area contributed by atoms with Crippen molar-refractivity contribution in [3.63, 3.8) is 0 Å². The fourth-order valence-electron chi connectivity index (χ4n) is 5.97. The van der Waals surface area contributed by atoms with Crippen LogP contribution in [0.2, 0.25) is 0 Å². The SMILES string of the molecule is CC/C=C/C=C/C=C/C=C\CCCCCC(CC(=O)NC(CO)C(O)CCCCCCCCCCC)OC(=O)CCCCCCC/C=C\CCC. The van der Waals surface area contributed by atoms with Gasteiger partial charge < -0.3 is 20.3 Å². The standard InChI is InChI=1S/C45H79NO5/c1-4-7-10-13-16-19-21-22-23-25-27-30-33-36-41(51-45(50)38-35-32-29-26-20-17-14-11-8-5-2)39-44(49)46-42(40-47)43(48)37-34-31-28-24-18-15-12-9-6-3/h7,10-11,13-14,16,19,21-23,41-43,47-48H,4-6,8-9,12,15,17-18,20,24-40H2,1-3H3,(H,46,49)/b10-7+,14-11-,16-13+,21-19+,23-22-. The second kappa shape index (κ2) is 38.8. The molecule has 0 aromatic heterocycles. The number of hydrogen-bond acceptors (Lipinski definition) is 5. The van der Waals surface area contributed by atoms with E-state index in [-0.39, 0.29) is 24.9 Å². The number of carbonyl (C=O) groups excluding carboxylic acids is 2. The Bertz CT molecular complexity index is 937. The number of esters is 1. The lowest BCUT2D eigenvalue weighted by Gasteiger charge is -2.24. The van der Waals surface area contributed by atoms with Crippen molar-refractivity contribution in [1.29, 1.82) is 0 Å². The summed E-state index contributed by atoms with van der Waals surface area (Å²) in [4.78, 5) is 25.8. The molecule has 51 heavy (non-hydrogen) atoms. The van der Waals surface area contributed by atoms with Gasteiger partial charge in [-0.3, -0.25) is 9.59 Å². The van der Waals surface area contributed by atoms with Crippen LogP contribution in [0.4, 0.5) is 0 Å². The third kappa shape index (κ3) is 34.4. The summed E-state index contributed by atoms with van der Waals surface area (Å²) in [5.74, 6) is -0.534. The predicted molar refractivity (Wildman–Crippen MR) is 218 cm³/mol. The molecule has 0 aliphatic carbocycles. The molecule has 0 radical (unpaired) electrons. The van der Waals surface area contributed by atoms with E-state index < -0.39 is 18.2 Å². The maximum Gasteiger partial charge on any atom is 0.306 e. The average molecular weight is 714 g/mol. The number of amides is 1. The van der Waals surface area contributed by atoms with Gasteiger partial charge >= 0.3 is 5.97 Å². The van der Waals surface area contributed by atoms with Crippen LogP contribution in [0.1, 0.15) is 188 Å². The minimum Gasteiger partial charge on any atom is -0.462 e. The largest absolute Gasteiger partial charge is 0.462 e. The number of nitrogens with one attached hydrogen (secondary N) is 1. The van der Waals surface area contributed by atoms with Gasteiger partial charge in [-0.2, -0.15) is 0 Å². The van der Waals surface area contributed by atoms with Crippen molar-refractivity contribution >= 4 is 11.9 Å². The molecule has 0 bridgehead atoms. The molecule has 0 fully saturated rings. The minimum absolute atomic E-state index is 0.0458. The first-order valence-corrected chi connectivity index (χ1v) is 21.1. The molecule has 0 spiro atoms. The highest BCUT2D eigenvalue weighted by Crippen LogP contribution is 2.16. The van der Waals surface area contributed by atoms with Crippen molar-refractivity contribution in [2.75, 3.05) is 6.61 Å². The molecule has 294 valence electrons. The first-order chi connectivity index (χ1) is 25.0. The van der Waals surface area contributed by atoms with Gasteiger partial charge in [-0.1, -0.05) is 171 Å². The van der Waals surface area contributed by atoms with E-state index in [4.69, 9.17) is 4.74 Å². The highest BCUT2D eigenvalue weighted by Gasteiger charge is 2.24. The van der Waals surface area contributed by atoms with E-state index in [9.17, 15) is 19.8 Å². The zero-order chi connectivity index (χ0) is 37.5. The Balaban J connectivity index is 4.73. The maximum absolute atomic E-state index is 13.1. The lowest BCUT2D eigenvalue weighted by atomic mass is 10.0. The van der Waals surface area contributed by atoms with E-state index in [0.717, 1.165) is 83.5 Å². The van der Waals surface area contributed by atoms with E-state index >= 15 is 0 Å². The Morgan fingerprint density at radius 1 is 0.588 bits per heavy atom. The van der Waals surface area contributed by atoms with Gasteiger partial charge in [0, 0.05) is 6.42 Å². The molecule has 0 aromatic carbocycles. The Kier molecular flexibility index (Phi) is 36.9. The molecule has 6 heteroatoms. The summed E-state index contributed by atoms with van der Waals surface area (Å²) in [5, 5.41) is 23.5. The Morgan fingerprint density at radius 3 is 1.76 bits per heavy atom. The minimum atomic E-state index is -0.798. The second-order valence-electron chi connectivity index (χ2n) is 14.1. The van der Waals surface area contributed by atoms with Crippen LogP contribution in [0.3, 0.4) is 0 Å². The Morgan fingerprint density at radius 2 is 1.12 bits per heavy atom. The summed E-state index contributed by atoms with van der Waals surface area (Å²) in [7, 11) is 0. The van der Waals surface area contributed by atoms with Gasteiger partial charge in [0.05, 0.1) is 25.2 Å². The normalized spacial score (nSPS) is 14.1. The monoisotopic (exact) mass is 714 g/mol. The maximum atomic E-state index is 13.1. The van der Waals surface area contributed by atoms with Gasteiger partial charge in [-0.15, -0.1) is 0 Å².